The van der Waals surface area contributed by atoms with E-state index in [-0.39, 0.29) is 24.3 Å². The van der Waals surface area contributed by atoms with Crippen molar-refractivity contribution in [3.63, 3.8) is 0 Å². The lowest BCUT2D eigenvalue weighted by Crippen LogP contribution is -2.25. The van der Waals surface area contributed by atoms with Gasteiger partial charge in [-0.2, -0.15) is 0 Å². The van der Waals surface area contributed by atoms with Gasteiger partial charge in [-0.25, -0.2) is 4.39 Å². The van der Waals surface area contributed by atoms with Gasteiger partial charge in [-0.1, -0.05) is 6.07 Å². The van der Waals surface area contributed by atoms with Crippen molar-refractivity contribution in [1.29, 1.82) is 0 Å². The Morgan fingerprint density at radius 1 is 1.47 bits per heavy atom. The standard InChI is InChI=1S/C13H13FO5/c1-2-19-10-4-3-7(5-9(10)14)13(12(17)18)6-8(13)11(15)16/h3-5,8H,2,6H2,1H3,(H,15,16)(H,17,18). The number of carbonyl (C=O) groups is 2. The fourth-order valence-electron chi connectivity index (χ4n) is 2.29. The zero-order chi connectivity index (χ0) is 14.2. The van der Waals surface area contributed by atoms with Crippen LogP contribution in [0, 0.1) is 11.7 Å². The number of aliphatic carboxylic acids is 2. The van der Waals surface area contributed by atoms with Crippen LogP contribution in [0.15, 0.2) is 18.2 Å². The Hall–Kier alpha value is -2.11. The lowest BCUT2D eigenvalue weighted by atomic mass is 9.93. The highest BCUT2D eigenvalue weighted by molar-refractivity contribution is 5.94. The number of hydrogen-bond acceptors (Lipinski definition) is 3. The Kier molecular flexibility index (Phi) is 3.18. The van der Waals surface area contributed by atoms with Gasteiger partial charge in [-0.05, 0) is 31.0 Å². The Morgan fingerprint density at radius 3 is 2.58 bits per heavy atom. The maximum atomic E-state index is 13.7. The van der Waals surface area contributed by atoms with Gasteiger partial charge in [0.25, 0.3) is 0 Å². The van der Waals surface area contributed by atoms with Crippen molar-refractivity contribution in [2.75, 3.05) is 6.61 Å². The molecule has 0 heterocycles. The monoisotopic (exact) mass is 268 g/mol. The Bertz CT molecular complexity index is 542. The van der Waals surface area contributed by atoms with Crippen molar-refractivity contribution in [2.45, 2.75) is 18.8 Å². The van der Waals surface area contributed by atoms with E-state index in [0.717, 1.165) is 6.07 Å². The first-order chi connectivity index (χ1) is 8.93. The zero-order valence-electron chi connectivity index (χ0n) is 10.2. The first kappa shape index (κ1) is 13.3. The number of rotatable bonds is 5. The molecule has 0 saturated heterocycles. The Balaban J connectivity index is 2.38. The summed E-state index contributed by atoms with van der Waals surface area (Å²) in [5.74, 6) is -4.10. The molecular formula is C13H13FO5. The van der Waals surface area contributed by atoms with E-state index in [1.54, 1.807) is 6.92 Å². The zero-order valence-corrected chi connectivity index (χ0v) is 10.2. The van der Waals surface area contributed by atoms with Crippen LogP contribution in [0.2, 0.25) is 0 Å². The van der Waals surface area contributed by atoms with E-state index >= 15 is 0 Å². The number of hydrogen-bond donors (Lipinski definition) is 2. The third-order valence-corrected chi connectivity index (χ3v) is 3.39. The van der Waals surface area contributed by atoms with Crippen LogP contribution < -0.4 is 4.74 Å². The van der Waals surface area contributed by atoms with Crippen LogP contribution >= 0.6 is 0 Å². The SMILES string of the molecule is CCOc1ccc(C2(C(=O)O)CC2C(=O)O)cc1F. The van der Waals surface area contributed by atoms with Gasteiger partial charge in [-0.3, -0.25) is 9.59 Å². The van der Waals surface area contributed by atoms with E-state index in [1.807, 2.05) is 0 Å². The van der Waals surface area contributed by atoms with Crippen molar-refractivity contribution < 1.29 is 28.9 Å². The van der Waals surface area contributed by atoms with Crippen LogP contribution in [-0.4, -0.2) is 28.8 Å². The molecule has 1 aromatic rings. The molecule has 102 valence electrons. The molecule has 1 aromatic carbocycles. The van der Waals surface area contributed by atoms with E-state index in [1.165, 1.54) is 12.1 Å². The van der Waals surface area contributed by atoms with Crippen LogP contribution in [0.25, 0.3) is 0 Å². The second-order valence-corrected chi connectivity index (χ2v) is 4.45. The van der Waals surface area contributed by atoms with Gasteiger partial charge in [-0.15, -0.1) is 0 Å². The number of carboxylic acid groups (broad SMARTS) is 2. The molecule has 0 aromatic heterocycles. The Labute approximate surface area is 108 Å². The summed E-state index contributed by atoms with van der Waals surface area (Å²) >= 11 is 0. The van der Waals surface area contributed by atoms with Crippen LogP contribution in [-0.2, 0) is 15.0 Å². The molecule has 1 saturated carbocycles. The van der Waals surface area contributed by atoms with Crippen LogP contribution in [0.1, 0.15) is 18.9 Å². The molecule has 2 atom stereocenters. The molecule has 2 rings (SSSR count). The van der Waals surface area contributed by atoms with Gasteiger partial charge in [0, 0.05) is 0 Å². The minimum Gasteiger partial charge on any atom is -0.491 e. The van der Waals surface area contributed by atoms with Gasteiger partial charge in [0.15, 0.2) is 11.6 Å². The van der Waals surface area contributed by atoms with E-state index in [0.29, 0.717) is 0 Å². The summed E-state index contributed by atoms with van der Waals surface area (Å²) in [6.45, 7) is 1.99. The molecule has 1 aliphatic rings. The average Bonchev–Trinajstić information content (AvgIpc) is 3.08. The smallest absolute Gasteiger partial charge is 0.315 e. The third-order valence-electron chi connectivity index (χ3n) is 3.39. The predicted octanol–water partition coefficient (Wildman–Crippen LogP) is 1.65. The maximum Gasteiger partial charge on any atom is 0.315 e. The Morgan fingerprint density at radius 2 is 2.16 bits per heavy atom. The lowest BCUT2D eigenvalue weighted by molar-refractivity contribution is -0.145. The third kappa shape index (κ3) is 2.03. The summed E-state index contributed by atoms with van der Waals surface area (Å²) in [4.78, 5) is 22.2. The summed E-state index contributed by atoms with van der Waals surface area (Å²) in [6, 6.07) is 3.78. The number of ether oxygens (including phenoxy) is 1. The number of benzene rings is 1. The van der Waals surface area contributed by atoms with Crippen molar-refractivity contribution in [2.24, 2.45) is 5.92 Å². The quantitative estimate of drug-likeness (QED) is 0.848. The second kappa shape index (κ2) is 4.53. The number of carboxylic acids is 2. The largest absolute Gasteiger partial charge is 0.491 e. The molecule has 0 spiro atoms. The molecule has 0 bridgehead atoms. The predicted molar refractivity (Wildman–Crippen MR) is 62.6 cm³/mol. The molecule has 19 heavy (non-hydrogen) atoms. The number of halogens is 1. The molecule has 1 fully saturated rings. The molecule has 2 N–H and O–H groups in total. The fraction of sp³-hybridized carbons (Fsp3) is 0.385. The summed E-state index contributed by atoms with van der Waals surface area (Å²) in [6.07, 6.45) is -0.0227. The molecule has 5 nitrogen and oxygen atoms in total. The average molecular weight is 268 g/mol. The van der Waals surface area contributed by atoms with Gasteiger partial charge in [0.1, 0.15) is 5.41 Å². The highest BCUT2D eigenvalue weighted by Gasteiger charge is 2.65. The molecule has 0 radical (unpaired) electrons. The van der Waals surface area contributed by atoms with Crippen LogP contribution in [0.3, 0.4) is 0 Å². The molecule has 0 amide bonds. The molecule has 1 aliphatic carbocycles. The summed E-state index contributed by atoms with van der Waals surface area (Å²) in [7, 11) is 0. The fourth-order valence-corrected chi connectivity index (χ4v) is 2.29. The van der Waals surface area contributed by atoms with Crippen molar-refractivity contribution in [3.8, 4) is 5.75 Å². The first-order valence-corrected chi connectivity index (χ1v) is 5.82. The second-order valence-electron chi connectivity index (χ2n) is 4.45. The molecule has 0 aliphatic heterocycles. The minimum atomic E-state index is -1.52. The summed E-state index contributed by atoms with van der Waals surface area (Å²) in [5.41, 5.74) is -1.36. The van der Waals surface area contributed by atoms with Gasteiger partial charge in [0.05, 0.1) is 12.5 Å². The molecule has 2 unspecified atom stereocenters. The van der Waals surface area contributed by atoms with Gasteiger partial charge < -0.3 is 14.9 Å². The van der Waals surface area contributed by atoms with Crippen LogP contribution in [0.5, 0.6) is 5.75 Å². The summed E-state index contributed by atoms with van der Waals surface area (Å²) in [5, 5.41) is 18.1. The maximum absolute atomic E-state index is 13.7. The minimum absolute atomic E-state index is 0.0227. The highest BCUT2D eigenvalue weighted by atomic mass is 19.1. The topological polar surface area (TPSA) is 83.8 Å². The summed E-state index contributed by atoms with van der Waals surface area (Å²) < 4.78 is 18.7. The van der Waals surface area contributed by atoms with E-state index < -0.39 is 29.1 Å². The first-order valence-electron chi connectivity index (χ1n) is 5.82. The van der Waals surface area contributed by atoms with E-state index in [2.05, 4.69) is 0 Å². The van der Waals surface area contributed by atoms with Crippen LogP contribution in [0.4, 0.5) is 4.39 Å². The van der Waals surface area contributed by atoms with Crippen molar-refractivity contribution in [3.05, 3.63) is 29.6 Å². The van der Waals surface area contributed by atoms with E-state index in [9.17, 15) is 19.1 Å². The lowest BCUT2D eigenvalue weighted by Gasteiger charge is -2.13. The molecular weight excluding hydrogens is 255 g/mol. The highest BCUT2D eigenvalue weighted by Crippen LogP contribution is 2.55. The van der Waals surface area contributed by atoms with Crippen molar-refractivity contribution in [1.82, 2.24) is 0 Å². The van der Waals surface area contributed by atoms with Gasteiger partial charge in [0.2, 0.25) is 0 Å². The van der Waals surface area contributed by atoms with Crippen molar-refractivity contribution >= 4 is 11.9 Å². The molecule has 6 heteroatoms. The normalized spacial score (nSPS) is 24.8. The van der Waals surface area contributed by atoms with E-state index in [4.69, 9.17) is 9.84 Å². The van der Waals surface area contributed by atoms with Gasteiger partial charge >= 0.3 is 11.9 Å².